The van der Waals surface area contributed by atoms with E-state index in [0.29, 0.717) is 29.8 Å². The average molecular weight is 533 g/mol. The highest BCUT2D eigenvalue weighted by atomic mass is 35.5. The fourth-order valence-electron chi connectivity index (χ4n) is 4.64. The number of amides is 3. The van der Waals surface area contributed by atoms with Gasteiger partial charge in [0.05, 0.1) is 34.6 Å². The minimum atomic E-state index is -4.89. The molecule has 12 heteroatoms. The number of hydrogen-bond acceptors (Lipinski definition) is 3. The molecule has 0 aliphatic carbocycles. The molecule has 1 atom stereocenters. The lowest BCUT2D eigenvalue weighted by atomic mass is 9.89. The van der Waals surface area contributed by atoms with Gasteiger partial charge in [-0.15, -0.1) is 0 Å². The van der Waals surface area contributed by atoms with Crippen molar-refractivity contribution in [3.8, 4) is 6.07 Å². The molecule has 0 saturated heterocycles. The summed E-state index contributed by atoms with van der Waals surface area (Å²) in [4.78, 5) is 27.3. The number of hydrogen-bond donors (Lipinski definition) is 2. The van der Waals surface area contributed by atoms with Crippen LogP contribution in [0.3, 0.4) is 0 Å². The number of rotatable bonds is 3. The Morgan fingerprint density at radius 3 is 2.59 bits per heavy atom. The molecule has 2 heterocycles. The summed E-state index contributed by atoms with van der Waals surface area (Å²) in [5, 5.41) is 15.0. The number of nitrogens with one attached hydrogen (secondary N) is 2. The molecule has 37 heavy (non-hydrogen) atoms. The minimum absolute atomic E-state index is 0.0321. The Labute approximate surface area is 211 Å². The molecule has 0 aromatic heterocycles. The van der Waals surface area contributed by atoms with Crippen LogP contribution >= 0.6 is 11.6 Å². The van der Waals surface area contributed by atoms with Crippen molar-refractivity contribution >= 4 is 34.9 Å². The molecule has 0 radical (unpaired) electrons. The monoisotopic (exact) mass is 532 g/mol. The van der Waals surface area contributed by atoms with Crippen LogP contribution in [-0.4, -0.2) is 18.5 Å². The number of carbonyl (C=O) groups is 2. The van der Waals surface area contributed by atoms with E-state index in [0.717, 1.165) is 12.1 Å². The third-order valence-electron chi connectivity index (χ3n) is 6.23. The van der Waals surface area contributed by atoms with Crippen LogP contribution in [0.1, 0.15) is 44.2 Å². The van der Waals surface area contributed by atoms with Gasteiger partial charge in [-0.2, -0.15) is 18.4 Å². The second kappa shape index (κ2) is 8.74. The van der Waals surface area contributed by atoms with Crippen molar-refractivity contribution in [1.29, 1.82) is 5.26 Å². The third kappa shape index (κ3) is 4.23. The van der Waals surface area contributed by atoms with Gasteiger partial charge in [-0.25, -0.2) is 13.6 Å². The van der Waals surface area contributed by atoms with Crippen LogP contribution in [0.2, 0.25) is 5.02 Å². The second-order valence-electron chi connectivity index (χ2n) is 8.45. The van der Waals surface area contributed by atoms with E-state index >= 15 is 0 Å². The lowest BCUT2D eigenvalue weighted by molar-refractivity contribution is -0.137. The zero-order valence-corrected chi connectivity index (χ0v) is 19.3. The Kier molecular flexibility index (Phi) is 5.79. The van der Waals surface area contributed by atoms with Crippen molar-refractivity contribution in [3.63, 3.8) is 0 Å². The molecule has 2 N–H and O–H groups in total. The predicted octanol–water partition coefficient (Wildman–Crippen LogP) is 5.94. The summed E-state index contributed by atoms with van der Waals surface area (Å²) < 4.78 is 67.6. The summed E-state index contributed by atoms with van der Waals surface area (Å²) in [6.45, 7) is 0.225. The van der Waals surface area contributed by atoms with E-state index < -0.39 is 46.9 Å². The molecule has 2 aliphatic rings. The summed E-state index contributed by atoms with van der Waals surface area (Å²) in [5.74, 6) is -3.00. The first kappa shape index (κ1) is 24.5. The Hall–Kier alpha value is -4.17. The Balaban J connectivity index is 1.68. The molecular formula is C25H14ClF5N4O2. The van der Waals surface area contributed by atoms with Gasteiger partial charge < -0.3 is 10.6 Å². The van der Waals surface area contributed by atoms with E-state index in [9.17, 15) is 36.8 Å². The fraction of sp³-hybridized carbons (Fsp3) is 0.160. The summed E-state index contributed by atoms with van der Waals surface area (Å²) in [6, 6.07) is 6.63. The Morgan fingerprint density at radius 2 is 1.89 bits per heavy atom. The number of carbonyl (C=O) groups excluding carboxylic acids is 2. The Morgan fingerprint density at radius 1 is 1.14 bits per heavy atom. The van der Waals surface area contributed by atoms with E-state index in [1.807, 2.05) is 6.07 Å². The van der Waals surface area contributed by atoms with Crippen molar-refractivity contribution in [2.75, 3.05) is 16.8 Å². The molecule has 188 valence electrons. The van der Waals surface area contributed by atoms with Crippen molar-refractivity contribution < 1.29 is 31.5 Å². The van der Waals surface area contributed by atoms with Crippen molar-refractivity contribution in [2.24, 2.45) is 0 Å². The molecule has 3 aromatic carbocycles. The van der Waals surface area contributed by atoms with E-state index in [1.54, 1.807) is 0 Å². The number of alkyl halides is 3. The number of benzene rings is 3. The minimum Gasteiger partial charge on any atom is -0.327 e. The number of anilines is 2. The average Bonchev–Trinajstić information content (AvgIpc) is 3.28. The van der Waals surface area contributed by atoms with Crippen molar-refractivity contribution in [2.45, 2.75) is 18.6 Å². The van der Waals surface area contributed by atoms with Crippen LogP contribution in [0, 0.1) is 23.0 Å². The van der Waals surface area contributed by atoms with Gasteiger partial charge in [0.1, 0.15) is 11.6 Å². The normalized spacial score (nSPS) is 16.2. The van der Waals surface area contributed by atoms with Gasteiger partial charge in [-0.05, 0) is 54.4 Å². The van der Waals surface area contributed by atoms with Crippen molar-refractivity contribution in [3.05, 3.63) is 92.5 Å². The van der Waals surface area contributed by atoms with Gasteiger partial charge in [-0.3, -0.25) is 9.69 Å². The lowest BCUT2D eigenvalue weighted by Gasteiger charge is -2.35. The van der Waals surface area contributed by atoms with E-state index in [4.69, 9.17) is 11.6 Å². The van der Waals surface area contributed by atoms with Gasteiger partial charge in [-0.1, -0.05) is 11.6 Å². The summed E-state index contributed by atoms with van der Waals surface area (Å²) >= 11 is 6.31. The van der Waals surface area contributed by atoms with E-state index in [-0.39, 0.29) is 40.0 Å². The molecule has 0 spiro atoms. The van der Waals surface area contributed by atoms with Crippen molar-refractivity contribution in [1.82, 2.24) is 5.32 Å². The number of nitriles is 1. The maximum absolute atomic E-state index is 14.1. The largest absolute Gasteiger partial charge is 0.416 e. The summed E-state index contributed by atoms with van der Waals surface area (Å²) in [5.41, 5.74) is -0.606. The molecule has 1 unspecified atom stereocenters. The molecule has 5 rings (SSSR count). The first-order valence-corrected chi connectivity index (χ1v) is 11.2. The maximum atomic E-state index is 14.1. The highest BCUT2D eigenvalue weighted by Crippen LogP contribution is 2.47. The lowest BCUT2D eigenvalue weighted by Crippen LogP contribution is -2.46. The van der Waals surface area contributed by atoms with Gasteiger partial charge in [0.15, 0.2) is 0 Å². The zero-order chi connectivity index (χ0) is 26.6. The molecule has 0 fully saturated rings. The molecule has 0 saturated carbocycles. The third-order valence-corrected chi connectivity index (χ3v) is 6.57. The summed E-state index contributed by atoms with van der Waals surface area (Å²) in [6.07, 6.45) is -4.57. The highest BCUT2D eigenvalue weighted by Gasteiger charge is 2.41. The first-order chi connectivity index (χ1) is 17.5. The molecule has 0 bridgehead atoms. The van der Waals surface area contributed by atoms with Crippen LogP contribution in [0.4, 0.5) is 38.1 Å². The van der Waals surface area contributed by atoms with Gasteiger partial charge in [0.25, 0.3) is 5.91 Å². The van der Waals surface area contributed by atoms with Crippen LogP contribution in [0.15, 0.2) is 42.5 Å². The molecule has 6 nitrogen and oxygen atoms in total. The van der Waals surface area contributed by atoms with E-state index in [2.05, 4.69) is 10.6 Å². The quantitative estimate of drug-likeness (QED) is 0.410. The zero-order valence-electron chi connectivity index (χ0n) is 18.5. The SMILES string of the molecule is N#Cc1cc(NC(=O)c2cc(F)cc(C(F)(F)F)c2)c2c3c1CCN3C(=O)NC2c1cc(F)ccc1Cl. The second-order valence-corrected chi connectivity index (χ2v) is 8.86. The molecule has 2 aliphatic heterocycles. The van der Waals surface area contributed by atoms with E-state index in [1.165, 1.54) is 17.0 Å². The topological polar surface area (TPSA) is 85.2 Å². The molecule has 3 amide bonds. The smallest absolute Gasteiger partial charge is 0.327 e. The first-order valence-electron chi connectivity index (χ1n) is 10.8. The predicted molar refractivity (Wildman–Crippen MR) is 123 cm³/mol. The standard InChI is InChI=1S/C25H14ClF5N4O2/c26-18-2-1-14(27)9-17(18)21-20-19(7-12(10-32)16-3-4-35(22(16)20)24(37)34-21)33-23(36)11-5-13(25(29,30)31)8-15(28)6-11/h1-2,5-9,21H,3-4H2,(H,33,36)(H,34,37). The Bertz CT molecular complexity index is 1530. The van der Waals surface area contributed by atoms with Gasteiger partial charge in [0.2, 0.25) is 0 Å². The number of halogens is 6. The van der Waals surface area contributed by atoms with Crippen LogP contribution in [0.25, 0.3) is 0 Å². The summed E-state index contributed by atoms with van der Waals surface area (Å²) in [7, 11) is 0. The highest BCUT2D eigenvalue weighted by molar-refractivity contribution is 6.31. The fourth-order valence-corrected chi connectivity index (χ4v) is 4.87. The van der Waals surface area contributed by atoms with Gasteiger partial charge in [0, 0.05) is 28.3 Å². The van der Waals surface area contributed by atoms with Crippen LogP contribution < -0.4 is 15.5 Å². The van der Waals surface area contributed by atoms with Crippen LogP contribution in [-0.2, 0) is 12.6 Å². The number of nitrogens with zero attached hydrogens (tertiary/aromatic N) is 2. The number of urea groups is 1. The molecular weight excluding hydrogens is 519 g/mol. The maximum Gasteiger partial charge on any atom is 0.416 e. The van der Waals surface area contributed by atoms with Gasteiger partial charge >= 0.3 is 12.2 Å². The van der Waals surface area contributed by atoms with Crippen LogP contribution in [0.5, 0.6) is 0 Å². The molecule has 3 aromatic rings.